The zero-order chi connectivity index (χ0) is 12.5. The van der Waals surface area contributed by atoms with Crippen molar-refractivity contribution in [2.45, 2.75) is 26.2 Å². The quantitative estimate of drug-likeness (QED) is 0.769. The maximum atomic E-state index is 12.5. The van der Waals surface area contributed by atoms with E-state index in [9.17, 15) is 4.79 Å². The topological polar surface area (TPSA) is 30.2 Å². The van der Waals surface area contributed by atoms with Crippen molar-refractivity contribution in [3.05, 3.63) is 59.0 Å². The van der Waals surface area contributed by atoms with Gasteiger partial charge in [-0.25, -0.2) is 0 Å². The largest absolute Gasteiger partial charge is 0.469 e. The third-order valence-corrected chi connectivity index (χ3v) is 3.75. The number of furan rings is 1. The third kappa shape index (κ3) is 1.78. The van der Waals surface area contributed by atoms with Crippen LogP contribution in [0.15, 0.2) is 41.0 Å². The minimum atomic E-state index is 0.0882. The van der Waals surface area contributed by atoms with E-state index in [0.29, 0.717) is 0 Å². The van der Waals surface area contributed by atoms with Gasteiger partial charge in [-0.15, -0.1) is 0 Å². The summed E-state index contributed by atoms with van der Waals surface area (Å²) in [4.78, 5) is 12.5. The van der Waals surface area contributed by atoms with Crippen molar-refractivity contribution < 1.29 is 9.21 Å². The van der Waals surface area contributed by atoms with Crippen molar-refractivity contribution in [3.63, 3.8) is 0 Å². The molecule has 0 unspecified atom stereocenters. The lowest BCUT2D eigenvalue weighted by Crippen LogP contribution is -2.15. The Morgan fingerprint density at radius 1 is 1.22 bits per heavy atom. The average molecular weight is 240 g/mol. The van der Waals surface area contributed by atoms with Gasteiger partial charge in [-0.3, -0.25) is 4.79 Å². The first-order valence-electron chi connectivity index (χ1n) is 6.47. The summed E-state index contributed by atoms with van der Waals surface area (Å²) < 4.78 is 5.35. The first-order valence-corrected chi connectivity index (χ1v) is 6.47. The number of aryl methyl sites for hydroxylation is 1. The van der Waals surface area contributed by atoms with E-state index < -0.39 is 0 Å². The molecule has 18 heavy (non-hydrogen) atoms. The first-order chi connectivity index (χ1) is 8.79. The summed E-state index contributed by atoms with van der Waals surface area (Å²) in [6.45, 7) is 2.01. The normalized spacial score (nSPS) is 14.7. The molecule has 0 saturated heterocycles. The maximum absolute atomic E-state index is 12.5. The summed E-state index contributed by atoms with van der Waals surface area (Å²) in [5, 5.41) is 0. The first kappa shape index (κ1) is 11.3. The fourth-order valence-electron chi connectivity index (χ4n) is 2.80. The standard InChI is InChI=1S/C16H16O2/c1-2-15-14(7-8-18-15)16(17)13-9-11-5-3-4-6-12(11)10-13/h3-8,13H,2,9-10H2,1H3. The van der Waals surface area contributed by atoms with Gasteiger partial charge in [0, 0.05) is 12.3 Å². The maximum Gasteiger partial charge on any atom is 0.170 e. The Bertz CT molecular complexity index is 555. The number of fused-ring (bicyclic) bond motifs is 1. The molecule has 0 spiro atoms. The molecule has 0 amide bonds. The molecule has 2 heteroatoms. The van der Waals surface area contributed by atoms with Gasteiger partial charge in [0.2, 0.25) is 0 Å². The smallest absolute Gasteiger partial charge is 0.170 e. The van der Waals surface area contributed by atoms with E-state index in [4.69, 9.17) is 4.42 Å². The van der Waals surface area contributed by atoms with Gasteiger partial charge >= 0.3 is 0 Å². The number of hydrogen-bond acceptors (Lipinski definition) is 2. The number of Topliss-reactive ketones (excluding diaryl/α,β-unsaturated/α-hetero) is 1. The molecule has 0 radical (unpaired) electrons. The third-order valence-electron chi connectivity index (χ3n) is 3.75. The molecule has 2 nitrogen and oxygen atoms in total. The van der Waals surface area contributed by atoms with Crippen LogP contribution in [0.2, 0.25) is 0 Å². The highest BCUT2D eigenvalue weighted by Crippen LogP contribution is 2.30. The summed E-state index contributed by atoms with van der Waals surface area (Å²) in [6, 6.07) is 10.1. The molecule has 2 aromatic rings. The van der Waals surface area contributed by atoms with Crippen molar-refractivity contribution in [2.75, 3.05) is 0 Å². The second-order valence-corrected chi connectivity index (χ2v) is 4.85. The molecular weight excluding hydrogens is 224 g/mol. The minimum Gasteiger partial charge on any atom is -0.469 e. The molecule has 0 bridgehead atoms. The van der Waals surface area contributed by atoms with E-state index in [0.717, 1.165) is 30.6 Å². The summed E-state index contributed by atoms with van der Waals surface area (Å²) in [5.41, 5.74) is 3.41. The van der Waals surface area contributed by atoms with Crippen LogP contribution in [-0.4, -0.2) is 5.78 Å². The molecule has 1 heterocycles. The van der Waals surface area contributed by atoms with Crippen LogP contribution in [0, 0.1) is 5.92 Å². The molecular formula is C16H16O2. The number of rotatable bonds is 3. The molecule has 1 aromatic heterocycles. The zero-order valence-electron chi connectivity index (χ0n) is 10.5. The lowest BCUT2D eigenvalue weighted by Gasteiger charge is -2.07. The Labute approximate surface area is 107 Å². The number of benzene rings is 1. The van der Waals surface area contributed by atoms with E-state index >= 15 is 0 Å². The van der Waals surface area contributed by atoms with E-state index in [1.807, 2.05) is 25.1 Å². The van der Waals surface area contributed by atoms with Gasteiger partial charge in [-0.2, -0.15) is 0 Å². The van der Waals surface area contributed by atoms with Crippen LogP contribution in [0.1, 0.15) is 34.2 Å². The Hall–Kier alpha value is -1.83. The number of carbonyl (C=O) groups excluding carboxylic acids is 1. The molecule has 0 fully saturated rings. The summed E-state index contributed by atoms with van der Waals surface area (Å²) in [6.07, 6.45) is 4.12. The van der Waals surface area contributed by atoms with Gasteiger partial charge in [0.25, 0.3) is 0 Å². The van der Waals surface area contributed by atoms with Gasteiger partial charge in [0.05, 0.1) is 11.8 Å². The molecule has 3 rings (SSSR count). The summed E-state index contributed by atoms with van der Waals surface area (Å²) >= 11 is 0. The van der Waals surface area contributed by atoms with Crippen LogP contribution in [0.3, 0.4) is 0 Å². The average Bonchev–Trinajstić information content (AvgIpc) is 3.03. The van der Waals surface area contributed by atoms with Crippen LogP contribution >= 0.6 is 0 Å². The Morgan fingerprint density at radius 3 is 2.50 bits per heavy atom. The Balaban J connectivity index is 1.85. The Morgan fingerprint density at radius 2 is 1.89 bits per heavy atom. The SMILES string of the molecule is CCc1occc1C(=O)C1Cc2ccccc2C1. The molecule has 1 aromatic carbocycles. The van der Waals surface area contributed by atoms with Gasteiger partial charge in [-0.05, 0) is 30.0 Å². The molecule has 1 aliphatic carbocycles. The number of carbonyl (C=O) groups is 1. The lowest BCUT2D eigenvalue weighted by molar-refractivity contribution is 0.0922. The number of ketones is 1. The zero-order valence-corrected chi connectivity index (χ0v) is 10.5. The van der Waals surface area contributed by atoms with E-state index in [1.54, 1.807) is 6.26 Å². The second-order valence-electron chi connectivity index (χ2n) is 4.85. The van der Waals surface area contributed by atoms with Crippen LogP contribution in [0.5, 0.6) is 0 Å². The molecule has 0 aliphatic heterocycles. The van der Waals surface area contributed by atoms with Crippen LogP contribution in [-0.2, 0) is 19.3 Å². The molecule has 92 valence electrons. The fourth-order valence-corrected chi connectivity index (χ4v) is 2.80. The van der Waals surface area contributed by atoms with Crippen molar-refractivity contribution in [2.24, 2.45) is 5.92 Å². The van der Waals surface area contributed by atoms with Gasteiger partial charge < -0.3 is 4.42 Å². The van der Waals surface area contributed by atoms with E-state index in [2.05, 4.69) is 12.1 Å². The molecule has 0 saturated carbocycles. The summed E-state index contributed by atoms with van der Waals surface area (Å²) in [7, 11) is 0. The minimum absolute atomic E-state index is 0.0882. The lowest BCUT2D eigenvalue weighted by atomic mass is 9.95. The van der Waals surface area contributed by atoms with Crippen molar-refractivity contribution in [1.29, 1.82) is 0 Å². The van der Waals surface area contributed by atoms with Crippen molar-refractivity contribution >= 4 is 5.78 Å². The van der Waals surface area contributed by atoms with Gasteiger partial charge in [0.15, 0.2) is 5.78 Å². The monoisotopic (exact) mass is 240 g/mol. The highest BCUT2D eigenvalue weighted by molar-refractivity contribution is 5.99. The van der Waals surface area contributed by atoms with Crippen molar-refractivity contribution in [1.82, 2.24) is 0 Å². The van der Waals surface area contributed by atoms with E-state index in [-0.39, 0.29) is 11.7 Å². The van der Waals surface area contributed by atoms with Crippen LogP contribution in [0.4, 0.5) is 0 Å². The van der Waals surface area contributed by atoms with E-state index in [1.165, 1.54) is 11.1 Å². The summed E-state index contributed by atoms with van der Waals surface area (Å²) in [5.74, 6) is 1.14. The molecule has 0 atom stereocenters. The second kappa shape index (κ2) is 4.45. The van der Waals surface area contributed by atoms with Crippen LogP contribution in [0.25, 0.3) is 0 Å². The molecule has 0 N–H and O–H groups in total. The van der Waals surface area contributed by atoms with Gasteiger partial charge in [0.1, 0.15) is 5.76 Å². The molecule has 1 aliphatic rings. The fraction of sp³-hybridized carbons (Fsp3) is 0.312. The number of hydrogen-bond donors (Lipinski definition) is 0. The highest BCUT2D eigenvalue weighted by Gasteiger charge is 2.29. The van der Waals surface area contributed by atoms with Gasteiger partial charge in [-0.1, -0.05) is 31.2 Å². The highest BCUT2D eigenvalue weighted by atomic mass is 16.3. The van der Waals surface area contributed by atoms with Crippen molar-refractivity contribution in [3.8, 4) is 0 Å². The predicted octanol–water partition coefficient (Wildman–Crippen LogP) is 3.44. The Kier molecular flexibility index (Phi) is 2.78. The van der Waals surface area contributed by atoms with Crippen LogP contribution < -0.4 is 0 Å². The predicted molar refractivity (Wildman–Crippen MR) is 69.8 cm³/mol.